The molecule has 0 fully saturated rings. The van der Waals surface area contributed by atoms with Crippen molar-refractivity contribution in [1.82, 2.24) is 15.0 Å². The SMILES string of the molecule is COc1ncnc(OC)c1C(=O)Nc1nc(C(F)(F)F)c(Cl)s1. The van der Waals surface area contributed by atoms with Crippen molar-refractivity contribution in [3.05, 3.63) is 21.9 Å². The molecule has 0 radical (unpaired) electrons. The molecular formula is C11H8ClF3N4O3S. The lowest BCUT2D eigenvalue weighted by atomic mass is 10.3. The van der Waals surface area contributed by atoms with E-state index in [4.69, 9.17) is 21.1 Å². The first-order chi connectivity index (χ1) is 10.8. The van der Waals surface area contributed by atoms with E-state index in [1.807, 2.05) is 0 Å². The van der Waals surface area contributed by atoms with Gasteiger partial charge in [0.1, 0.15) is 10.7 Å². The molecule has 124 valence electrons. The zero-order chi connectivity index (χ0) is 17.2. The smallest absolute Gasteiger partial charge is 0.435 e. The fraction of sp³-hybridized carbons (Fsp3) is 0.273. The molecular weight excluding hydrogens is 361 g/mol. The van der Waals surface area contributed by atoms with Crippen LogP contribution in [0.3, 0.4) is 0 Å². The van der Waals surface area contributed by atoms with Gasteiger partial charge in [-0.2, -0.15) is 13.2 Å². The molecule has 0 spiro atoms. The monoisotopic (exact) mass is 368 g/mol. The highest BCUT2D eigenvalue weighted by Gasteiger charge is 2.37. The summed E-state index contributed by atoms with van der Waals surface area (Å²) < 4.78 is 47.2. The van der Waals surface area contributed by atoms with Crippen LogP contribution in [0.25, 0.3) is 0 Å². The Morgan fingerprint density at radius 1 is 1.26 bits per heavy atom. The maximum absolute atomic E-state index is 12.6. The van der Waals surface area contributed by atoms with Crippen molar-refractivity contribution in [3.8, 4) is 11.8 Å². The lowest BCUT2D eigenvalue weighted by molar-refractivity contribution is -0.140. The number of thiazole rings is 1. The van der Waals surface area contributed by atoms with Crippen molar-refractivity contribution in [2.24, 2.45) is 0 Å². The second kappa shape index (κ2) is 6.54. The molecule has 0 saturated heterocycles. The van der Waals surface area contributed by atoms with Gasteiger partial charge >= 0.3 is 6.18 Å². The highest BCUT2D eigenvalue weighted by molar-refractivity contribution is 7.19. The summed E-state index contributed by atoms with van der Waals surface area (Å²) in [5.41, 5.74) is -1.46. The van der Waals surface area contributed by atoms with Crippen molar-refractivity contribution in [1.29, 1.82) is 0 Å². The maximum Gasteiger partial charge on any atom is 0.435 e. The van der Waals surface area contributed by atoms with Crippen LogP contribution < -0.4 is 14.8 Å². The first-order valence-electron chi connectivity index (χ1n) is 5.75. The summed E-state index contributed by atoms with van der Waals surface area (Å²) in [5, 5.41) is 1.85. The summed E-state index contributed by atoms with van der Waals surface area (Å²) in [7, 11) is 2.53. The van der Waals surface area contributed by atoms with Gasteiger partial charge in [0.15, 0.2) is 16.4 Å². The zero-order valence-corrected chi connectivity index (χ0v) is 13.1. The number of carbonyl (C=O) groups is 1. The van der Waals surface area contributed by atoms with Crippen LogP contribution in [-0.4, -0.2) is 35.1 Å². The third kappa shape index (κ3) is 3.62. The third-order valence-corrected chi connectivity index (χ3v) is 3.64. The molecule has 12 heteroatoms. The van der Waals surface area contributed by atoms with Gasteiger partial charge in [-0.05, 0) is 0 Å². The van der Waals surface area contributed by atoms with Gasteiger partial charge in [-0.1, -0.05) is 22.9 Å². The Balaban J connectivity index is 2.34. The molecule has 0 aromatic carbocycles. The Labute approximate surface area is 136 Å². The second-order valence-electron chi connectivity index (χ2n) is 3.86. The highest BCUT2D eigenvalue weighted by Crippen LogP contribution is 2.39. The molecule has 2 heterocycles. The Kier molecular flexibility index (Phi) is 4.90. The van der Waals surface area contributed by atoms with Gasteiger partial charge in [0, 0.05) is 0 Å². The number of amides is 1. The number of methoxy groups -OCH3 is 2. The standard InChI is InChI=1S/C11H8ClF3N4O3S/c1-21-8-4(9(22-2)17-3-16-8)7(20)19-10-18-5(6(12)23-10)11(13,14)15/h3H,1-2H3,(H,18,19,20). The van der Waals surface area contributed by atoms with Gasteiger partial charge < -0.3 is 9.47 Å². The van der Waals surface area contributed by atoms with Gasteiger partial charge in [-0.25, -0.2) is 15.0 Å². The minimum atomic E-state index is -4.72. The largest absolute Gasteiger partial charge is 0.480 e. The van der Waals surface area contributed by atoms with Crippen LogP contribution in [0.15, 0.2) is 6.33 Å². The van der Waals surface area contributed by atoms with E-state index in [9.17, 15) is 18.0 Å². The van der Waals surface area contributed by atoms with Gasteiger partial charge in [-0.15, -0.1) is 0 Å². The van der Waals surface area contributed by atoms with Gasteiger partial charge in [-0.3, -0.25) is 10.1 Å². The minimum absolute atomic E-state index is 0.104. The number of rotatable bonds is 4. The molecule has 2 aromatic rings. The van der Waals surface area contributed by atoms with E-state index in [-0.39, 0.29) is 22.5 Å². The van der Waals surface area contributed by atoms with Crippen LogP contribution in [0.4, 0.5) is 18.3 Å². The van der Waals surface area contributed by atoms with Crippen LogP contribution in [-0.2, 0) is 6.18 Å². The molecule has 1 amide bonds. The molecule has 7 nitrogen and oxygen atoms in total. The normalized spacial score (nSPS) is 11.2. The quantitative estimate of drug-likeness (QED) is 0.893. The third-order valence-electron chi connectivity index (χ3n) is 2.47. The Bertz CT molecular complexity index is 716. The molecule has 1 N–H and O–H groups in total. The number of anilines is 1. The first kappa shape index (κ1) is 17.2. The summed E-state index contributed by atoms with van der Waals surface area (Å²) in [4.78, 5) is 23.0. The van der Waals surface area contributed by atoms with Crippen molar-refractivity contribution >= 4 is 34.0 Å². The van der Waals surface area contributed by atoms with E-state index in [1.165, 1.54) is 14.2 Å². The topological polar surface area (TPSA) is 86.2 Å². The van der Waals surface area contributed by atoms with Crippen molar-refractivity contribution in [3.63, 3.8) is 0 Å². The van der Waals surface area contributed by atoms with E-state index >= 15 is 0 Å². The molecule has 0 aliphatic heterocycles. The number of ether oxygens (including phenoxy) is 2. The Morgan fingerprint density at radius 3 is 2.26 bits per heavy atom. The van der Waals surface area contributed by atoms with Gasteiger partial charge in [0.2, 0.25) is 11.8 Å². The lowest BCUT2D eigenvalue weighted by Gasteiger charge is -2.09. The first-order valence-corrected chi connectivity index (χ1v) is 6.95. The molecule has 23 heavy (non-hydrogen) atoms. The lowest BCUT2D eigenvalue weighted by Crippen LogP contribution is -2.16. The number of halogens is 4. The molecule has 0 aliphatic rings. The number of aromatic nitrogens is 3. The van der Waals surface area contributed by atoms with Crippen LogP contribution in [0.5, 0.6) is 11.8 Å². The van der Waals surface area contributed by atoms with Crippen LogP contribution >= 0.6 is 22.9 Å². The molecule has 0 bridgehead atoms. The summed E-state index contributed by atoms with van der Waals surface area (Å²) >= 11 is 5.96. The fourth-order valence-corrected chi connectivity index (χ4v) is 2.62. The number of carbonyl (C=O) groups excluding carboxylic acids is 1. The fourth-order valence-electron chi connectivity index (χ4n) is 1.55. The summed E-state index contributed by atoms with van der Waals surface area (Å²) in [6.45, 7) is 0. The predicted octanol–water partition coefficient (Wildman–Crippen LogP) is 2.87. The Hall–Kier alpha value is -2.14. The van der Waals surface area contributed by atoms with E-state index in [1.54, 1.807) is 0 Å². The van der Waals surface area contributed by atoms with E-state index in [2.05, 4.69) is 20.3 Å². The predicted molar refractivity (Wildman–Crippen MR) is 75.2 cm³/mol. The maximum atomic E-state index is 12.6. The molecule has 0 aliphatic carbocycles. The number of hydrogen-bond donors (Lipinski definition) is 1. The number of alkyl halides is 3. The Morgan fingerprint density at radius 2 is 1.83 bits per heavy atom. The van der Waals surface area contributed by atoms with E-state index in [0.717, 1.165) is 6.33 Å². The molecule has 0 unspecified atom stereocenters. The molecule has 2 rings (SSSR count). The molecule has 0 saturated carbocycles. The van der Waals surface area contributed by atoms with Crippen molar-refractivity contribution < 1.29 is 27.4 Å². The van der Waals surface area contributed by atoms with E-state index in [0.29, 0.717) is 11.3 Å². The number of nitrogens with zero attached hydrogens (tertiary/aromatic N) is 3. The van der Waals surface area contributed by atoms with Crippen molar-refractivity contribution in [2.75, 3.05) is 19.5 Å². The number of nitrogens with one attached hydrogen (secondary N) is 1. The van der Waals surface area contributed by atoms with Crippen LogP contribution in [0.2, 0.25) is 4.34 Å². The van der Waals surface area contributed by atoms with Gasteiger partial charge in [0.25, 0.3) is 5.91 Å². The average molecular weight is 369 g/mol. The van der Waals surface area contributed by atoms with Gasteiger partial charge in [0.05, 0.1) is 14.2 Å². The summed E-state index contributed by atoms with van der Waals surface area (Å²) in [6.07, 6.45) is -3.61. The van der Waals surface area contributed by atoms with Crippen molar-refractivity contribution in [2.45, 2.75) is 6.18 Å². The van der Waals surface area contributed by atoms with Crippen LogP contribution in [0, 0.1) is 0 Å². The highest BCUT2D eigenvalue weighted by atomic mass is 35.5. The zero-order valence-electron chi connectivity index (χ0n) is 11.6. The molecule has 2 aromatic heterocycles. The second-order valence-corrected chi connectivity index (χ2v) is 5.46. The summed E-state index contributed by atoms with van der Waals surface area (Å²) in [6, 6.07) is 0. The van der Waals surface area contributed by atoms with E-state index < -0.39 is 22.1 Å². The van der Waals surface area contributed by atoms with Crippen LogP contribution in [0.1, 0.15) is 16.1 Å². The number of hydrogen-bond acceptors (Lipinski definition) is 7. The minimum Gasteiger partial charge on any atom is -0.480 e. The average Bonchev–Trinajstić information content (AvgIpc) is 2.86. The summed E-state index contributed by atoms with van der Waals surface area (Å²) in [5.74, 6) is -1.06. The molecule has 0 atom stereocenters.